The van der Waals surface area contributed by atoms with Crippen LogP contribution in [0.3, 0.4) is 0 Å². The molecular weight excluding hydrogens is 508 g/mol. The van der Waals surface area contributed by atoms with Crippen molar-refractivity contribution in [3.05, 3.63) is 52.6 Å². The number of aromatic nitrogens is 3. The maximum Gasteiger partial charge on any atom is 0.271 e. The molecule has 0 unspecified atom stereocenters. The third-order valence-corrected chi connectivity index (χ3v) is 10.4. The fourth-order valence-corrected chi connectivity index (χ4v) is 8.97. The molecule has 0 spiro atoms. The summed E-state index contributed by atoms with van der Waals surface area (Å²) in [5.41, 5.74) is 2.77. The molecule has 1 amide bonds. The number of pyridine rings is 1. The fraction of sp³-hybridized carbons (Fsp3) is 0.533. The monoisotopic (exact) mass is 544 g/mol. The Balaban J connectivity index is 0.899. The second kappa shape index (κ2) is 10.2. The zero-order valence-corrected chi connectivity index (χ0v) is 23.1. The molecule has 4 heterocycles. The number of anilines is 1. The molecule has 9 heteroatoms. The molecule has 4 saturated carbocycles. The number of aromatic hydroxyl groups is 1. The van der Waals surface area contributed by atoms with Gasteiger partial charge in [0.15, 0.2) is 11.5 Å². The van der Waals surface area contributed by atoms with Gasteiger partial charge in [-0.2, -0.15) is 0 Å². The molecule has 39 heavy (non-hydrogen) atoms. The van der Waals surface area contributed by atoms with E-state index in [1.54, 1.807) is 23.6 Å². The van der Waals surface area contributed by atoms with Gasteiger partial charge in [-0.25, -0.2) is 0 Å². The number of hydrogen-bond acceptors (Lipinski definition) is 8. The minimum atomic E-state index is -0.0913. The lowest BCUT2D eigenvalue weighted by molar-refractivity contribution is -0.0503. The van der Waals surface area contributed by atoms with Gasteiger partial charge in [0.1, 0.15) is 5.75 Å². The normalized spacial score (nSPS) is 28.1. The molecule has 5 fully saturated rings. The molecule has 1 aliphatic heterocycles. The maximum atomic E-state index is 12.9. The Kier molecular flexibility index (Phi) is 6.51. The van der Waals surface area contributed by atoms with Crippen molar-refractivity contribution < 1.29 is 9.90 Å². The maximum absolute atomic E-state index is 12.9. The zero-order chi connectivity index (χ0) is 26.4. The molecule has 3 aromatic heterocycles. The lowest BCUT2D eigenvalue weighted by atomic mass is 9.49. The average Bonchev–Trinajstić information content (AvgIpc) is 3.40. The Labute approximate surface area is 233 Å². The number of carbonyl (C=O) groups excluding carboxylic acids is 1. The lowest BCUT2D eigenvalue weighted by Crippen LogP contribution is -2.51. The Morgan fingerprint density at radius 3 is 2.38 bits per heavy atom. The van der Waals surface area contributed by atoms with Crippen molar-refractivity contribution in [2.75, 3.05) is 37.6 Å². The van der Waals surface area contributed by atoms with Crippen LogP contribution < -0.4 is 10.2 Å². The van der Waals surface area contributed by atoms with E-state index in [9.17, 15) is 9.90 Å². The van der Waals surface area contributed by atoms with E-state index in [1.807, 2.05) is 12.1 Å². The number of carbonyl (C=O) groups is 1. The first kappa shape index (κ1) is 25.0. The van der Waals surface area contributed by atoms with E-state index < -0.39 is 0 Å². The predicted molar refractivity (Wildman–Crippen MR) is 152 cm³/mol. The number of nitrogens with zero attached hydrogens (tertiary/aromatic N) is 5. The Morgan fingerprint density at radius 1 is 0.974 bits per heavy atom. The molecule has 0 aromatic carbocycles. The van der Waals surface area contributed by atoms with Crippen molar-refractivity contribution in [3.63, 3.8) is 0 Å². The van der Waals surface area contributed by atoms with E-state index in [2.05, 4.69) is 41.7 Å². The highest BCUT2D eigenvalue weighted by atomic mass is 32.1. The van der Waals surface area contributed by atoms with E-state index in [1.165, 1.54) is 49.6 Å². The van der Waals surface area contributed by atoms with Crippen LogP contribution in [0.4, 0.5) is 5.82 Å². The summed E-state index contributed by atoms with van der Waals surface area (Å²) < 4.78 is 0. The molecule has 0 radical (unpaired) electrons. The summed E-state index contributed by atoms with van der Waals surface area (Å²) in [6.45, 7) is 5.32. The minimum Gasteiger partial charge on any atom is -0.506 e. The number of piperazine rings is 1. The predicted octanol–water partition coefficient (Wildman–Crippen LogP) is 4.57. The largest absolute Gasteiger partial charge is 0.506 e. The number of hydrogen-bond donors (Lipinski definition) is 2. The molecule has 0 atom stereocenters. The van der Waals surface area contributed by atoms with Crippen LogP contribution in [0.2, 0.25) is 0 Å². The third kappa shape index (κ3) is 5.26. The standard InChI is InChI=1S/C30H36N6O2S/c37-25-10-23(15-31-16-25)24-11-26(39-18-24)17-35-3-5-36(6-4-35)28-2-1-27(33-34-28)29(38)32-19-30-12-20-7-21(13-30)9-22(8-20)14-30/h1-2,10-11,15-16,18,20-22,37H,3-9,12-14,17,19H2,(H,32,38). The van der Waals surface area contributed by atoms with Gasteiger partial charge in [0.05, 0.1) is 6.20 Å². The van der Waals surface area contributed by atoms with Gasteiger partial charge < -0.3 is 15.3 Å². The van der Waals surface area contributed by atoms with Crippen LogP contribution in [-0.2, 0) is 6.54 Å². The highest BCUT2D eigenvalue weighted by molar-refractivity contribution is 7.10. The number of amides is 1. The SMILES string of the molecule is O=C(NCC12CC3CC(CC(C3)C1)C2)c1ccc(N2CCN(Cc3cc(-c4cncc(O)c4)cs3)CC2)nn1. The van der Waals surface area contributed by atoms with Crippen molar-refractivity contribution >= 4 is 23.1 Å². The van der Waals surface area contributed by atoms with Crippen LogP contribution in [0.15, 0.2) is 42.0 Å². The van der Waals surface area contributed by atoms with Crippen LogP contribution in [0.5, 0.6) is 5.75 Å². The summed E-state index contributed by atoms with van der Waals surface area (Å²) in [5, 5.41) is 23.8. The van der Waals surface area contributed by atoms with Crippen LogP contribution in [0.25, 0.3) is 11.1 Å². The van der Waals surface area contributed by atoms with E-state index in [4.69, 9.17) is 0 Å². The second-order valence-corrected chi connectivity index (χ2v) is 13.4. The first-order chi connectivity index (χ1) is 19.0. The number of thiophene rings is 1. The third-order valence-electron chi connectivity index (χ3n) is 9.46. The molecule has 4 aliphatic carbocycles. The fourth-order valence-electron chi connectivity index (χ4n) is 8.04. The van der Waals surface area contributed by atoms with E-state index in [-0.39, 0.29) is 11.7 Å². The summed E-state index contributed by atoms with van der Waals surface area (Å²) in [5.74, 6) is 3.59. The van der Waals surface area contributed by atoms with Gasteiger partial charge in [-0.15, -0.1) is 21.5 Å². The molecule has 8 rings (SSSR count). The van der Waals surface area contributed by atoms with E-state index >= 15 is 0 Å². The van der Waals surface area contributed by atoms with Crippen LogP contribution in [0, 0.1) is 23.2 Å². The van der Waals surface area contributed by atoms with Crippen molar-refractivity contribution in [1.29, 1.82) is 0 Å². The average molecular weight is 545 g/mol. The summed E-state index contributed by atoms with van der Waals surface area (Å²) in [4.78, 5) is 23.0. The second-order valence-electron chi connectivity index (χ2n) is 12.4. The first-order valence-electron chi connectivity index (χ1n) is 14.3. The van der Waals surface area contributed by atoms with Crippen LogP contribution >= 0.6 is 11.3 Å². The summed E-state index contributed by atoms with van der Waals surface area (Å²) in [6, 6.07) is 7.70. The Morgan fingerprint density at radius 2 is 1.72 bits per heavy atom. The Bertz CT molecular complexity index is 1300. The van der Waals surface area contributed by atoms with Crippen molar-refractivity contribution in [2.45, 2.75) is 45.1 Å². The summed E-state index contributed by atoms with van der Waals surface area (Å²) >= 11 is 1.74. The molecule has 3 aromatic rings. The van der Waals surface area contributed by atoms with Gasteiger partial charge in [0.2, 0.25) is 0 Å². The quantitative estimate of drug-likeness (QED) is 0.450. The molecule has 1 saturated heterocycles. The minimum absolute atomic E-state index is 0.0913. The number of rotatable bonds is 7. The molecule has 5 aliphatic rings. The molecule has 2 N–H and O–H groups in total. The highest BCUT2D eigenvalue weighted by Gasteiger charge is 2.50. The molecule has 4 bridgehead atoms. The van der Waals surface area contributed by atoms with Crippen LogP contribution in [-0.4, -0.2) is 63.8 Å². The highest BCUT2D eigenvalue weighted by Crippen LogP contribution is 2.59. The van der Waals surface area contributed by atoms with Crippen molar-refractivity contribution in [2.24, 2.45) is 23.2 Å². The van der Waals surface area contributed by atoms with Crippen molar-refractivity contribution in [3.8, 4) is 16.9 Å². The van der Waals surface area contributed by atoms with Gasteiger partial charge >= 0.3 is 0 Å². The smallest absolute Gasteiger partial charge is 0.271 e. The summed E-state index contributed by atoms with van der Waals surface area (Å²) in [7, 11) is 0. The van der Waals surface area contributed by atoms with Crippen LogP contribution in [0.1, 0.15) is 53.9 Å². The zero-order valence-electron chi connectivity index (χ0n) is 22.3. The first-order valence-corrected chi connectivity index (χ1v) is 15.2. The molecule has 8 nitrogen and oxygen atoms in total. The number of nitrogens with one attached hydrogen (secondary N) is 1. The summed E-state index contributed by atoms with van der Waals surface area (Å²) in [6.07, 6.45) is 11.4. The van der Waals surface area contributed by atoms with Gasteiger partial charge in [0, 0.05) is 55.9 Å². The van der Waals surface area contributed by atoms with Gasteiger partial charge in [-0.3, -0.25) is 14.7 Å². The molecule has 204 valence electrons. The molecular formula is C30H36N6O2S. The lowest BCUT2D eigenvalue weighted by Gasteiger charge is -2.56. The van der Waals surface area contributed by atoms with E-state index in [0.29, 0.717) is 11.1 Å². The van der Waals surface area contributed by atoms with Gasteiger partial charge in [0.25, 0.3) is 5.91 Å². The topological polar surface area (TPSA) is 94.5 Å². The van der Waals surface area contributed by atoms with Crippen molar-refractivity contribution in [1.82, 2.24) is 25.4 Å². The van der Waals surface area contributed by atoms with Gasteiger partial charge in [-0.1, -0.05) is 0 Å². The van der Waals surface area contributed by atoms with Gasteiger partial charge in [-0.05, 0) is 96.9 Å². The Hall–Kier alpha value is -3.04. The van der Waals surface area contributed by atoms with E-state index in [0.717, 1.165) is 74.0 Å².